The van der Waals surface area contributed by atoms with Crippen LogP contribution in [0.2, 0.25) is 0 Å². The van der Waals surface area contributed by atoms with Crippen molar-refractivity contribution in [2.75, 3.05) is 7.11 Å². The van der Waals surface area contributed by atoms with Gasteiger partial charge in [-0.1, -0.05) is 42.5 Å². The number of hydrogen-bond donors (Lipinski definition) is 2. The van der Waals surface area contributed by atoms with Crippen LogP contribution in [0.25, 0.3) is 21.3 Å². The van der Waals surface area contributed by atoms with Crippen molar-refractivity contribution < 1.29 is 9.53 Å². The zero-order valence-corrected chi connectivity index (χ0v) is 19.4. The van der Waals surface area contributed by atoms with Crippen molar-refractivity contribution >= 4 is 39.2 Å². The fourth-order valence-electron chi connectivity index (χ4n) is 3.29. The molecule has 2 aromatic heterocycles. The Morgan fingerprint density at radius 3 is 2.81 bits per heavy atom. The van der Waals surface area contributed by atoms with Crippen LogP contribution in [0.15, 0.2) is 64.8 Å². The number of aromatic nitrogens is 2. The third-order valence-electron chi connectivity index (χ3n) is 5.02. The van der Waals surface area contributed by atoms with E-state index in [1.54, 1.807) is 7.11 Å². The van der Waals surface area contributed by atoms with Gasteiger partial charge in [0.05, 0.1) is 23.5 Å². The number of ether oxygens (including phenoxy) is 1. The summed E-state index contributed by atoms with van der Waals surface area (Å²) in [5, 5.41) is 5.23. The largest absolute Gasteiger partial charge is 0.497 e. The summed E-state index contributed by atoms with van der Waals surface area (Å²) >= 11 is 2.89. The predicted molar refractivity (Wildman–Crippen MR) is 131 cm³/mol. The van der Waals surface area contributed by atoms with E-state index in [1.807, 2.05) is 66.9 Å². The molecule has 0 unspecified atom stereocenters. The monoisotopic (exact) mass is 465 g/mol. The van der Waals surface area contributed by atoms with E-state index >= 15 is 0 Å². The molecule has 0 aliphatic heterocycles. The van der Waals surface area contributed by atoms with Crippen molar-refractivity contribution in [2.24, 2.45) is 0 Å². The minimum Gasteiger partial charge on any atom is -0.497 e. The van der Waals surface area contributed by atoms with E-state index in [0.717, 1.165) is 22.4 Å². The van der Waals surface area contributed by atoms with Crippen LogP contribution in [-0.2, 0) is 17.1 Å². The number of rotatable bonds is 8. The molecule has 1 amide bonds. The van der Waals surface area contributed by atoms with Crippen LogP contribution in [0.3, 0.4) is 0 Å². The van der Waals surface area contributed by atoms with E-state index in [0.29, 0.717) is 28.3 Å². The number of hydrogen-bond acceptors (Lipinski definition) is 6. The average molecular weight is 466 g/mol. The first-order valence-corrected chi connectivity index (χ1v) is 12.1. The van der Waals surface area contributed by atoms with E-state index in [-0.39, 0.29) is 16.7 Å². The average Bonchev–Trinajstić information content (AvgIpc) is 3.26. The Balaban J connectivity index is 1.39. The predicted octanol–water partition coefficient (Wildman–Crippen LogP) is 4.60. The molecular formula is C24H23N3O3S2. The highest BCUT2D eigenvalue weighted by Crippen LogP contribution is 2.30. The molecule has 2 N–H and O–H groups in total. The lowest BCUT2D eigenvalue weighted by Crippen LogP contribution is -2.30. The van der Waals surface area contributed by atoms with Crippen molar-refractivity contribution in [1.82, 2.24) is 15.3 Å². The van der Waals surface area contributed by atoms with Gasteiger partial charge in [-0.25, -0.2) is 4.98 Å². The van der Waals surface area contributed by atoms with Gasteiger partial charge in [0.25, 0.3) is 5.56 Å². The molecule has 1 atom stereocenters. The number of amides is 1. The number of methoxy groups -OCH3 is 1. The maximum atomic E-state index is 12.8. The summed E-state index contributed by atoms with van der Waals surface area (Å²) in [6.07, 6.45) is 0. The smallest absolute Gasteiger partial charge is 0.260 e. The van der Waals surface area contributed by atoms with Gasteiger partial charge in [0.15, 0.2) is 0 Å². The second-order valence-electron chi connectivity index (χ2n) is 7.23. The molecule has 0 saturated carbocycles. The standard InChI is InChI=1S/C24H23N3O3S2/c1-15(22(28)25-12-16-7-6-10-18(11-16)30-2)31-14-20-26-23(29)21-19(13-32-24(21)27-20)17-8-4-3-5-9-17/h3-11,13,15H,12,14H2,1-2H3,(H,25,28)(H,26,27,29)/t15-/m1/s1. The third kappa shape index (κ3) is 5.03. The lowest BCUT2D eigenvalue weighted by Gasteiger charge is -2.12. The number of fused-ring (bicyclic) bond motifs is 1. The Morgan fingerprint density at radius 1 is 1.22 bits per heavy atom. The number of aromatic amines is 1. The van der Waals surface area contributed by atoms with Crippen LogP contribution in [0.1, 0.15) is 18.3 Å². The second-order valence-corrected chi connectivity index (χ2v) is 9.42. The van der Waals surface area contributed by atoms with Gasteiger partial charge in [0, 0.05) is 17.5 Å². The highest BCUT2D eigenvalue weighted by atomic mass is 32.2. The van der Waals surface area contributed by atoms with Gasteiger partial charge in [0.1, 0.15) is 16.4 Å². The number of carbonyl (C=O) groups is 1. The van der Waals surface area contributed by atoms with Crippen LogP contribution >= 0.6 is 23.1 Å². The summed E-state index contributed by atoms with van der Waals surface area (Å²) in [4.78, 5) is 33.4. The number of thioether (sulfide) groups is 1. The molecule has 164 valence electrons. The van der Waals surface area contributed by atoms with Gasteiger partial charge in [-0.3, -0.25) is 9.59 Å². The van der Waals surface area contributed by atoms with Crippen LogP contribution in [0.4, 0.5) is 0 Å². The lowest BCUT2D eigenvalue weighted by molar-refractivity contribution is -0.120. The molecule has 0 radical (unpaired) electrons. The fraction of sp³-hybridized carbons (Fsp3) is 0.208. The molecule has 8 heteroatoms. The molecular weight excluding hydrogens is 442 g/mol. The molecule has 0 spiro atoms. The Morgan fingerprint density at radius 2 is 2.03 bits per heavy atom. The van der Waals surface area contributed by atoms with Gasteiger partial charge in [0.2, 0.25) is 5.91 Å². The summed E-state index contributed by atoms with van der Waals surface area (Å²) in [5.74, 6) is 1.70. The first kappa shape index (κ1) is 22.1. The SMILES string of the molecule is COc1cccc(CNC(=O)[C@@H](C)SCc2nc3scc(-c4ccccc4)c3c(=O)[nH]2)c1. The molecule has 4 aromatic rings. The van der Waals surface area contributed by atoms with Gasteiger partial charge in [-0.2, -0.15) is 0 Å². The maximum Gasteiger partial charge on any atom is 0.260 e. The highest BCUT2D eigenvalue weighted by molar-refractivity contribution is 7.99. The van der Waals surface area contributed by atoms with Crippen molar-refractivity contribution in [3.05, 3.63) is 81.7 Å². The minimum absolute atomic E-state index is 0.0660. The first-order chi connectivity index (χ1) is 15.5. The zero-order chi connectivity index (χ0) is 22.5. The summed E-state index contributed by atoms with van der Waals surface area (Å²) < 4.78 is 5.21. The number of nitrogens with one attached hydrogen (secondary N) is 2. The van der Waals surface area contributed by atoms with Crippen LogP contribution in [0, 0.1) is 0 Å². The Kier molecular flexibility index (Phi) is 6.92. The van der Waals surface area contributed by atoms with Crippen molar-refractivity contribution in [1.29, 1.82) is 0 Å². The molecule has 0 aliphatic rings. The molecule has 0 aliphatic carbocycles. The quantitative estimate of drug-likeness (QED) is 0.397. The van der Waals surface area contributed by atoms with Gasteiger partial charge in [-0.05, 0) is 30.2 Å². The Hall–Kier alpha value is -3.10. The summed E-state index contributed by atoms with van der Waals surface area (Å²) in [5.41, 5.74) is 2.71. The number of nitrogens with zero attached hydrogens (tertiary/aromatic N) is 1. The van der Waals surface area contributed by atoms with Gasteiger partial charge in [-0.15, -0.1) is 23.1 Å². The molecule has 32 heavy (non-hydrogen) atoms. The van der Waals surface area contributed by atoms with Crippen LogP contribution in [-0.4, -0.2) is 28.2 Å². The van der Waals surface area contributed by atoms with Gasteiger partial charge >= 0.3 is 0 Å². The summed E-state index contributed by atoms with van der Waals surface area (Å²) in [6.45, 7) is 2.28. The fourth-order valence-corrected chi connectivity index (χ4v) is 5.03. The van der Waals surface area contributed by atoms with E-state index < -0.39 is 0 Å². The van der Waals surface area contributed by atoms with Crippen molar-refractivity contribution in [2.45, 2.75) is 24.5 Å². The minimum atomic E-state index is -0.287. The Labute approximate surface area is 194 Å². The first-order valence-electron chi connectivity index (χ1n) is 10.1. The van der Waals surface area contributed by atoms with Crippen LogP contribution < -0.4 is 15.6 Å². The normalized spacial score (nSPS) is 11.9. The molecule has 2 heterocycles. The second kappa shape index (κ2) is 10.0. The van der Waals surface area contributed by atoms with E-state index in [4.69, 9.17) is 4.74 Å². The molecule has 6 nitrogen and oxygen atoms in total. The van der Waals surface area contributed by atoms with Crippen molar-refractivity contribution in [3.8, 4) is 16.9 Å². The molecule has 4 rings (SSSR count). The van der Waals surface area contributed by atoms with E-state index in [2.05, 4.69) is 15.3 Å². The molecule has 2 aromatic carbocycles. The van der Waals surface area contributed by atoms with E-state index in [1.165, 1.54) is 23.1 Å². The molecule has 0 fully saturated rings. The number of carbonyl (C=O) groups excluding carboxylic acids is 1. The van der Waals surface area contributed by atoms with Crippen LogP contribution in [0.5, 0.6) is 5.75 Å². The lowest BCUT2D eigenvalue weighted by atomic mass is 10.1. The molecule has 0 saturated heterocycles. The number of benzene rings is 2. The molecule has 0 bridgehead atoms. The topological polar surface area (TPSA) is 84.1 Å². The Bertz CT molecular complexity index is 1280. The number of H-pyrrole nitrogens is 1. The van der Waals surface area contributed by atoms with Gasteiger partial charge < -0.3 is 15.0 Å². The highest BCUT2D eigenvalue weighted by Gasteiger charge is 2.16. The third-order valence-corrected chi connectivity index (χ3v) is 7.04. The van der Waals surface area contributed by atoms with Crippen molar-refractivity contribution in [3.63, 3.8) is 0 Å². The van der Waals surface area contributed by atoms with E-state index in [9.17, 15) is 9.59 Å². The summed E-state index contributed by atoms with van der Waals surface area (Å²) in [7, 11) is 1.62. The maximum absolute atomic E-state index is 12.8. The zero-order valence-electron chi connectivity index (χ0n) is 17.8. The summed E-state index contributed by atoms with van der Waals surface area (Å²) in [6, 6.07) is 17.4. The number of thiophene rings is 1.